The molecule has 4 rings (SSSR count). The zero-order valence-corrected chi connectivity index (χ0v) is 17.6. The molecule has 1 aliphatic heterocycles. The monoisotopic (exact) mass is 424 g/mol. The molecular formula is C25H29FN2O3. The molecule has 0 aromatic heterocycles. The van der Waals surface area contributed by atoms with E-state index < -0.39 is 6.10 Å². The van der Waals surface area contributed by atoms with Crippen molar-refractivity contribution in [3.05, 3.63) is 71.5 Å². The molecule has 2 aromatic carbocycles. The Morgan fingerprint density at radius 3 is 2.52 bits per heavy atom. The van der Waals surface area contributed by atoms with Gasteiger partial charge >= 0.3 is 0 Å². The lowest BCUT2D eigenvalue weighted by Gasteiger charge is -2.33. The van der Waals surface area contributed by atoms with Crippen LogP contribution in [0.4, 0.5) is 4.39 Å². The lowest BCUT2D eigenvalue weighted by Crippen LogP contribution is -2.47. The van der Waals surface area contributed by atoms with Crippen molar-refractivity contribution in [1.29, 1.82) is 0 Å². The van der Waals surface area contributed by atoms with Crippen molar-refractivity contribution in [3.63, 3.8) is 0 Å². The Morgan fingerprint density at radius 2 is 1.84 bits per heavy atom. The first-order valence-electron chi connectivity index (χ1n) is 11.0. The molecule has 2 amide bonds. The number of aliphatic hydroxyl groups is 1. The number of likely N-dealkylation sites (tertiary alicyclic amines) is 1. The summed E-state index contributed by atoms with van der Waals surface area (Å²) in [4.78, 5) is 27.2. The maximum atomic E-state index is 13.1. The summed E-state index contributed by atoms with van der Waals surface area (Å²) in [6.45, 7) is 1.49. The Labute approximate surface area is 182 Å². The summed E-state index contributed by atoms with van der Waals surface area (Å²) in [7, 11) is 0. The maximum Gasteiger partial charge on any atom is 0.227 e. The third-order valence-electron chi connectivity index (χ3n) is 6.62. The largest absolute Gasteiger partial charge is 0.388 e. The van der Waals surface area contributed by atoms with Gasteiger partial charge in [-0.2, -0.15) is 0 Å². The van der Waals surface area contributed by atoms with E-state index in [0.717, 1.165) is 36.8 Å². The summed E-state index contributed by atoms with van der Waals surface area (Å²) in [5.41, 5.74) is 1.36. The lowest BCUT2D eigenvalue weighted by atomic mass is 9.91. The number of halogens is 1. The summed E-state index contributed by atoms with van der Waals surface area (Å²) in [6.07, 6.45) is 2.92. The van der Waals surface area contributed by atoms with Crippen molar-refractivity contribution in [2.75, 3.05) is 19.6 Å². The van der Waals surface area contributed by atoms with E-state index in [-0.39, 0.29) is 35.4 Å². The van der Waals surface area contributed by atoms with Crippen LogP contribution in [0, 0.1) is 17.2 Å². The molecule has 1 saturated carbocycles. The summed E-state index contributed by atoms with van der Waals surface area (Å²) in [5.74, 6) is -0.652. The average molecular weight is 425 g/mol. The molecule has 0 radical (unpaired) electrons. The first-order chi connectivity index (χ1) is 15.0. The second-order valence-electron chi connectivity index (χ2n) is 8.88. The van der Waals surface area contributed by atoms with E-state index in [1.54, 1.807) is 17.0 Å². The Kier molecular flexibility index (Phi) is 6.37. The number of aliphatic hydroxyl groups excluding tert-OH is 1. The first kappa shape index (κ1) is 21.5. The summed E-state index contributed by atoms with van der Waals surface area (Å²) in [5, 5.41) is 13.8. The van der Waals surface area contributed by atoms with Crippen molar-refractivity contribution in [2.45, 2.75) is 38.2 Å². The van der Waals surface area contributed by atoms with Crippen LogP contribution in [0.3, 0.4) is 0 Å². The number of piperidine rings is 1. The molecule has 1 aliphatic carbocycles. The van der Waals surface area contributed by atoms with Gasteiger partial charge in [-0.05, 0) is 48.9 Å². The Balaban J connectivity index is 1.29. The number of nitrogens with zero attached hydrogens (tertiary/aromatic N) is 1. The van der Waals surface area contributed by atoms with Gasteiger partial charge in [-0.3, -0.25) is 9.59 Å². The molecule has 6 heteroatoms. The van der Waals surface area contributed by atoms with Gasteiger partial charge in [0.1, 0.15) is 5.82 Å². The highest BCUT2D eigenvalue weighted by molar-refractivity contribution is 5.82. The molecule has 1 saturated heterocycles. The number of carbonyl (C=O) groups excluding carboxylic acids is 2. The molecule has 0 unspecified atom stereocenters. The molecule has 2 N–H and O–H groups in total. The van der Waals surface area contributed by atoms with Crippen LogP contribution in [0.25, 0.3) is 0 Å². The van der Waals surface area contributed by atoms with E-state index in [1.165, 1.54) is 12.1 Å². The highest BCUT2D eigenvalue weighted by atomic mass is 19.1. The van der Waals surface area contributed by atoms with Crippen LogP contribution in [-0.4, -0.2) is 41.5 Å². The molecule has 2 aromatic rings. The molecule has 1 heterocycles. The van der Waals surface area contributed by atoms with Crippen LogP contribution in [0.1, 0.15) is 42.9 Å². The molecule has 0 spiro atoms. The zero-order valence-electron chi connectivity index (χ0n) is 17.6. The SMILES string of the molecule is O=C(NCC1([C@@H](O)c2ccccc2)CC1)[C@@H]1CCCN(C(=O)Cc2ccc(F)cc2)C1. The Hall–Kier alpha value is -2.73. The molecule has 2 aliphatic rings. The van der Waals surface area contributed by atoms with Crippen molar-refractivity contribution >= 4 is 11.8 Å². The van der Waals surface area contributed by atoms with Crippen molar-refractivity contribution < 1.29 is 19.1 Å². The third kappa shape index (κ3) is 5.13. The third-order valence-corrected chi connectivity index (χ3v) is 6.62. The summed E-state index contributed by atoms with van der Waals surface area (Å²) < 4.78 is 13.1. The summed E-state index contributed by atoms with van der Waals surface area (Å²) in [6, 6.07) is 15.5. The second-order valence-corrected chi connectivity index (χ2v) is 8.88. The number of benzene rings is 2. The molecule has 164 valence electrons. The van der Waals surface area contributed by atoms with Gasteiger partial charge in [-0.1, -0.05) is 42.5 Å². The molecule has 0 bridgehead atoms. The molecule has 31 heavy (non-hydrogen) atoms. The molecule has 5 nitrogen and oxygen atoms in total. The van der Waals surface area contributed by atoms with Crippen LogP contribution < -0.4 is 5.32 Å². The highest BCUT2D eigenvalue weighted by Crippen LogP contribution is 2.54. The quantitative estimate of drug-likeness (QED) is 0.717. The minimum Gasteiger partial charge on any atom is -0.388 e. The Bertz CT molecular complexity index is 912. The van der Waals surface area contributed by atoms with Gasteiger partial charge in [0.2, 0.25) is 11.8 Å². The highest BCUT2D eigenvalue weighted by Gasteiger charge is 2.49. The normalized spacial score (nSPS) is 20.7. The summed E-state index contributed by atoms with van der Waals surface area (Å²) >= 11 is 0. The number of hydrogen-bond donors (Lipinski definition) is 2. The van der Waals surface area contributed by atoms with E-state index >= 15 is 0 Å². The van der Waals surface area contributed by atoms with Gasteiger partial charge in [0, 0.05) is 25.0 Å². The van der Waals surface area contributed by atoms with Crippen molar-refractivity contribution in [2.24, 2.45) is 11.3 Å². The van der Waals surface area contributed by atoms with E-state index in [0.29, 0.717) is 19.6 Å². The molecule has 2 fully saturated rings. The smallest absolute Gasteiger partial charge is 0.227 e. The van der Waals surface area contributed by atoms with Crippen LogP contribution in [-0.2, 0) is 16.0 Å². The predicted molar refractivity (Wildman–Crippen MR) is 115 cm³/mol. The fraction of sp³-hybridized carbons (Fsp3) is 0.440. The number of nitrogens with one attached hydrogen (secondary N) is 1. The maximum absolute atomic E-state index is 13.1. The van der Waals surface area contributed by atoms with Gasteiger partial charge in [-0.15, -0.1) is 0 Å². The predicted octanol–water partition coefficient (Wildman–Crippen LogP) is 3.24. The fourth-order valence-corrected chi connectivity index (χ4v) is 4.41. The fourth-order valence-electron chi connectivity index (χ4n) is 4.41. The van der Waals surface area contributed by atoms with Gasteiger partial charge in [0.15, 0.2) is 0 Å². The van der Waals surface area contributed by atoms with E-state index in [9.17, 15) is 19.1 Å². The number of rotatable bonds is 7. The van der Waals surface area contributed by atoms with Crippen LogP contribution in [0.2, 0.25) is 0 Å². The molecular weight excluding hydrogens is 395 g/mol. The zero-order chi connectivity index (χ0) is 21.8. The Morgan fingerprint density at radius 1 is 1.13 bits per heavy atom. The minimum atomic E-state index is -0.589. The van der Waals surface area contributed by atoms with E-state index in [2.05, 4.69) is 5.32 Å². The lowest BCUT2D eigenvalue weighted by molar-refractivity contribution is -0.135. The van der Waals surface area contributed by atoms with Crippen LogP contribution >= 0.6 is 0 Å². The average Bonchev–Trinajstić information content (AvgIpc) is 3.60. The minimum absolute atomic E-state index is 0.0396. The van der Waals surface area contributed by atoms with Gasteiger partial charge in [0.05, 0.1) is 18.4 Å². The number of amides is 2. The van der Waals surface area contributed by atoms with Crippen LogP contribution in [0.15, 0.2) is 54.6 Å². The van der Waals surface area contributed by atoms with Gasteiger partial charge in [-0.25, -0.2) is 4.39 Å². The van der Waals surface area contributed by atoms with Gasteiger partial charge in [0.25, 0.3) is 0 Å². The topological polar surface area (TPSA) is 69.6 Å². The van der Waals surface area contributed by atoms with Crippen molar-refractivity contribution in [1.82, 2.24) is 10.2 Å². The number of carbonyl (C=O) groups is 2. The molecule has 2 atom stereocenters. The van der Waals surface area contributed by atoms with Crippen molar-refractivity contribution in [3.8, 4) is 0 Å². The van der Waals surface area contributed by atoms with Gasteiger partial charge < -0.3 is 15.3 Å². The van der Waals surface area contributed by atoms with E-state index in [1.807, 2.05) is 30.3 Å². The standard InChI is InChI=1S/C25H29FN2O3/c26-21-10-8-18(9-11-21)15-22(29)28-14-4-7-20(16-28)24(31)27-17-25(12-13-25)23(30)19-5-2-1-3-6-19/h1-3,5-6,8-11,20,23,30H,4,7,12-17H2,(H,27,31)/t20-,23+/m1/s1. The van der Waals surface area contributed by atoms with E-state index in [4.69, 9.17) is 0 Å². The van der Waals surface area contributed by atoms with Crippen LogP contribution in [0.5, 0.6) is 0 Å². The second kappa shape index (κ2) is 9.18. The first-order valence-corrected chi connectivity index (χ1v) is 11.0. The number of hydrogen-bond acceptors (Lipinski definition) is 3.